The summed E-state index contributed by atoms with van der Waals surface area (Å²) in [5, 5.41) is 3.61. The number of likely N-dealkylation sites (N-methyl/N-ethyl adjacent to an activating group) is 1. The number of amides is 1. The van der Waals surface area contributed by atoms with Crippen LogP contribution in [0.25, 0.3) is 11.0 Å². The third-order valence-electron chi connectivity index (χ3n) is 6.81. The van der Waals surface area contributed by atoms with Gasteiger partial charge in [0.05, 0.1) is 6.04 Å². The molecule has 2 aliphatic heterocycles. The van der Waals surface area contributed by atoms with Crippen LogP contribution in [0.1, 0.15) is 18.9 Å². The zero-order valence-electron chi connectivity index (χ0n) is 19.9. The summed E-state index contributed by atoms with van der Waals surface area (Å²) in [6.45, 7) is 8.95. The van der Waals surface area contributed by atoms with E-state index in [1.165, 1.54) is 24.3 Å². The van der Waals surface area contributed by atoms with E-state index in [1.54, 1.807) is 4.90 Å². The zero-order valence-corrected chi connectivity index (χ0v) is 19.9. The van der Waals surface area contributed by atoms with Crippen molar-refractivity contribution in [1.29, 1.82) is 0 Å². The number of benzene rings is 1. The summed E-state index contributed by atoms with van der Waals surface area (Å²) in [6.07, 6.45) is 6.10. The topological polar surface area (TPSA) is 99.5 Å². The number of fused-ring (bicyclic) bond motifs is 1. The average molecular weight is 475 g/mol. The van der Waals surface area contributed by atoms with Crippen molar-refractivity contribution >= 4 is 34.3 Å². The van der Waals surface area contributed by atoms with E-state index in [9.17, 15) is 9.59 Å². The Labute approximate surface area is 203 Å². The molecule has 5 rings (SSSR count). The molecule has 0 aliphatic carbocycles. The van der Waals surface area contributed by atoms with E-state index >= 15 is 0 Å². The highest BCUT2D eigenvalue weighted by Crippen LogP contribution is 2.25. The molecule has 3 aromatic rings. The molecule has 1 atom stereocenters. The first kappa shape index (κ1) is 23.0. The molecule has 10 heteroatoms. The highest BCUT2D eigenvalue weighted by atomic mass is 16.2. The molecular formula is C25H30N8O2. The van der Waals surface area contributed by atoms with Gasteiger partial charge in [-0.3, -0.25) is 9.59 Å². The van der Waals surface area contributed by atoms with Gasteiger partial charge in [-0.2, -0.15) is 9.97 Å². The Morgan fingerprint density at radius 2 is 1.89 bits per heavy atom. The lowest BCUT2D eigenvalue weighted by atomic mass is 10.1. The fraction of sp³-hybridized carbons (Fsp3) is 0.400. The van der Waals surface area contributed by atoms with E-state index in [4.69, 9.17) is 0 Å². The lowest BCUT2D eigenvalue weighted by molar-refractivity contribution is -0.127. The molecule has 10 nitrogen and oxygen atoms in total. The smallest absolute Gasteiger partial charge is 0.283 e. The van der Waals surface area contributed by atoms with Crippen molar-refractivity contribution < 1.29 is 4.79 Å². The lowest BCUT2D eigenvalue weighted by Crippen LogP contribution is -2.44. The molecule has 2 aliphatic rings. The number of carbonyl (C=O) groups is 1. The van der Waals surface area contributed by atoms with Crippen LogP contribution in [0.2, 0.25) is 0 Å². The Morgan fingerprint density at radius 1 is 1.11 bits per heavy atom. The summed E-state index contributed by atoms with van der Waals surface area (Å²) in [7, 11) is 2.15. The number of anilines is 3. The number of piperazine rings is 1. The molecule has 2 aromatic heterocycles. The second-order valence-corrected chi connectivity index (χ2v) is 9.13. The van der Waals surface area contributed by atoms with Crippen molar-refractivity contribution in [2.75, 3.05) is 56.5 Å². The van der Waals surface area contributed by atoms with Crippen LogP contribution < -0.4 is 15.8 Å². The van der Waals surface area contributed by atoms with Gasteiger partial charge in [0, 0.05) is 56.8 Å². The number of piperidine rings is 1. The molecule has 0 saturated carbocycles. The molecule has 0 spiro atoms. The summed E-state index contributed by atoms with van der Waals surface area (Å²) in [5.41, 5.74) is 2.20. The maximum atomic E-state index is 12.4. The Kier molecular flexibility index (Phi) is 6.45. The molecule has 182 valence electrons. The van der Waals surface area contributed by atoms with Crippen LogP contribution in [0, 0.1) is 0 Å². The Hall–Kier alpha value is -3.79. The molecule has 2 fully saturated rings. The van der Waals surface area contributed by atoms with Gasteiger partial charge < -0.3 is 24.6 Å². The van der Waals surface area contributed by atoms with Crippen molar-refractivity contribution in [3.05, 3.63) is 59.8 Å². The minimum atomic E-state index is -0.367. The lowest BCUT2D eigenvalue weighted by Gasteiger charge is -2.34. The number of hydrogen-bond acceptors (Lipinski definition) is 8. The Morgan fingerprint density at radius 3 is 2.63 bits per heavy atom. The Bertz CT molecular complexity index is 1280. The normalized spacial score (nSPS) is 19.1. The maximum Gasteiger partial charge on any atom is 0.283 e. The number of hydrogen-bond donors (Lipinski definition) is 1. The van der Waals surface area contributed by atoms with Crippen LogP contribution in [0.5, 0.6) is 0 Å². The fourth-order valence-corrected chi connectivity index (χ4v) is 4.75. The molecule has 35 heavy (non-hydrogen) atoms. The number of carbonyl (C=O) groups excluding carboxylic acids is 1. The SMILES string of the molecule is C=CC(=O)N1CCCC(n2cnc(=O)c3cnc(Nc4ccc(N5CCN(C)CC5)cc4)nc32)C1. The second-order valence-electron chi connectivity index (χ2n) is 9.13. The summed E-state index contributed by atoms with van der Waals surface area (Å²) in [5.74, 6) is 0.309. The van der Waals surface area contributed by atoms with Gasteiger partial charge in [-0.1, -0.05) is 6.58 Å². The van der Waals surface area contributed by atoms with E-state index in [-0.39, 0.29) is 17.5 Å². The van der Waals surface area contributed by atoms with Gasteiger partial charge in [-0.25, -0.2) is 4.98 Å². The first-order valence-corrected chi connectivity index (χ1v) is 12.0. The van der Waals surface area contributed by atoms with Gasteiger partial charge >= 0.3 is 0 Å². The molecule has 0 bridgehead atoms. The summed E-state index contributed by atoms with van der Waals surface area (Å²) < 4.78 is 1.89. The molecule has 1 N–H and O–H groups in total. The van der Waals surface area contributed by atoms with Gasteiger partial charge in [-0.15, -0.1) is 0 Å². The average Bonchev–Trinajstić information content (AvgIpc) is 2.89. The maximum absolute atomic E-state index is 12.4. The quantitative estimate of drug-likeness (QED) is 0.561. The fourth-order valence-electron chi connectivity index (χ4n) is 4.75. The van der Waals surface area contributed by atoms with Crippen LogP contribution in [-0.2, 0) is 4.79 Å². The standard InChI is InChI=1S/C25H30N8O2/c1-3-22(34)32-10-4-5-20(16-32)33-17-27-24(35)21-15-26-25(29-23(21)33)28-18-6-8-19(9-7-18)31-13-11-30(2)12-14-31/h3,6-9,15,17,20H,1,4-5,10-14,16H2,2H3,(H,26,28,29). The van der Waals surface area contributed by atoms with E-state index < -0.39 is 0 Å². The van der Waals surface area contributed by atoms with Gasteiger partial charge in [-0.05, 0) is 50.2 Å². The van der Waals surface area contributed by atoms with E-state index in [1.807, 2.05) is 16.7 Å². The van der Waals surface area contributed by atoms with Crippen molar-refractivity contribution in [2.45, 2.75) is 18.9 Å². The molecule has 4 heterocycles. The monoisotopic (exact) mass is 474 g/mol. The number of rotatable bonds is 5. The highest BCUT2D eigenvalue weighted by molar-refractivity contribution is 5.87. The van der Waals surface area contributed by atoms with Crippen LogP contribution in [0.4, 0.5) is 17.3 Å². The molecule has 0 radical (unpaired) electrons. The number of aromatic nitrogens is 4. The van der Waals surface area contributed by atoms with Gasteiger partial charge in [0.1, 0.15) is 11.7 Å². The van der Waals surface area contributed by atoms with Crippen molar-refractivity contribution in [1.82, 2.24) is 29.3 Å². The Balaban J connectivity index is 1.38. The third kappa shape index (κ3) is 4.88. The zero-order chi connectivity index (χ0) is 24.4. The van der Waals surface area contributed by atoms with Crippen LogP contribution in [-0.4, -0.2) is 81.5 Å². The third-order valence-corrected chi connectivity index (χ3v) is 6.81. The van der Waals surface area contributed by atoms with Crippen LogP contribution in [0.3, 0.4) is 0 Å². The molecule has 1 aromatic carbocycles. The van der Waals surface area contributed by atoms with E-state index in [2.05, 4.69) is 55.8 Å². The van der Waals surface area contributed by atoms with Crippen molar-refractivity contribution in [2.24, 2.45) is 0 Å². The van der Waals surface area contributed by atoms with E-state index in [0.29, 0.717) is 30.1 Å². The summed E-state index contributed by atoms with van der Waals surface area (Å²) in [4.78, 5) is 44.1. The molecule has 1 unspecified atom stereocenters. The first-order valence-electron chi connectivity index (χ1n) is 12.0. The summed E-state index contributed by atoms with van der Waals surface area (Å²) >= 11 is 0. The minimum absolute atomic E-state index is 0.0335. The largest absolute Gasteiger partial charge is 0.369 e. The van der Waals surface area contributed by atoms with Gasteiger partial charge in [0.15, 0.2) is 5.65 Å². The van der Waals surface area contributed by atoms with Crippen molar-refractivity contribution in [3.8, 4) is 0 Å². The molecule has 2 saturated heterocycles. The number of nitrogens with zero attached hydrogens (tertiary/aromatic N) is 7. The number of likely N-dealkylation sites (tertiary alicyclic amines) is 1. The van der Waals surface area contributed by atoms with Gasteiger partial charge in [0.25, 0.3) is 5.56 Å². The molecule has 1 amide bonds. The van der Waals surface area contributed by atoms with Crippen molar-refractivity contribution in [3.63, 3.8) is 0 Å². The van der Waals surface area contributed by atoms with Gasteiger partial charge in [0.2, 0.25) is 11.9 Å². The predicted octanol–water partition coefficient (Wildman–Crippen LogP) is 2.03. The molecular weight excluding hydrogens is 444 g/mol. The highest BCUT2D eigenvalue weighted by Gasteiger charge is 2.25. The second kappa shape index (κ2) is 9.83. The predicted molar refractivity (Wildman–Crippen MR) is 136 cm³/mol. The first-order chi connectivity index (χ1) is 17.0. The van der Waals surface area contributed by atoms with E-state index in [0.717, 1.165) is 44.7 Å². The number of nitrogens with one attached hydrogen (secondary N) is 1. The van der Waals surface area contributed by atoms with Crippen LogP contribution in [0.15, 0.2) is 54.2 Å². The summed E-state index contributed by atoms with van der Waals surface area (Å²) in [6, 6.07) is 8.19. The minimum Gasteiger partial charge on any atom is -0.369 e. The van der Waals surface area contributed by atoms with Crippen LogP contribution >= 0.6 is 0 Å².